The highest BCUT2D eigenvalue weighted by atomic mass is 32.2. The van der Waals surface area contributed by atoms with Crippen LogP contribution in [0.2, 0.25) is 0 Å². The van der Waals surface area contributed by atoms with Crippen molar-refractivity contribution >= 4 is 17.7 Å². The number of amides is 1. The zero-order valence-electron chi connectivity index (χ0n) is 7.16. The Labute approximate surface area is 77.3 Å². The molecule has 0 saturated carbocycles. The number of primary amides is 1. The van der Waals surface area contributed by atoms with Gasteiger partial charge in [0.15, 0.2) is 0 Å². The number of hydrogen-bond donors (Lipinski definition) is 2. The summed E-state index contributed by atoms with van der Waals surface area (Å²) in [6.45, 7) is 0. The molecule has 1 heterocycles. The molecule has 4 N–H and O–H groups in total. The van der Waals surface area contributed by atoms with Gasteiger partial charge in [0.05, 0.1) is 0 Å². The highest BCUT2D eigenvalue weighted by molar-refractivity contribution is 7.99. The summed E-state index contributed by atoms with van der Waals surface area (Å²) in [4.78, 5) is 10.6. The molecule has 2 atom stereocenters. The fourth-order valence-corrected chi connectivity index (χ4v) is 2.76. The van der Waals surface area contributed by atoms with Gasteiger partial charge in [0, 0.05) is 12.5 Å². The molecule has 1 amide bonds. The van der Waals surface area contributed by atoms with Crippen LogP contribution in [0.4, 0.5) is 0 Å². The first-order chi connectivity index (χ1) is 5.70. The summed E-state index contributed by atoms with van der Waals surface area (Å²) in [5.74, 6) is 2.54. The van der Waals surface area contributed by atoms with E-state index in [4.69, 9.17) is 11.5 Å². The van der Waals surface area contributed by atoms with Gasteiger partial charge in [-0.1, -0.05) is 0 Å². The fraction of sp³-hybridized carbons (Fsp3) is 0.875. The van der Waals surface area contributed by atoms with Crippen LogP contribution in [0.25, 0.3) is 0 Å². The third kappa shape index (κ3) is 3.03. The maximum Gasteiger partial charge on any atom is 0.218 e. The van der Waals surface area contributed by atoms with Crippen LogP contribution >= 0.6 is 11.8 Å². The number of hydrogen-bond acceptors (Lipinski definition) is 3. The molecule has 12 heavy (non-hydrogen) atoms. The summed E-state index contributed by atoms with van der Waals surface area (Å²) in [6.07, 6.45) is 2.72. The largest absolute Gasteiger partial charge is 0.370 e. The third-order valence-corrected chi connectivity index (χ3v) is 3.48. The number of thioether (sulfide) groups is 1. The van der Waals surface area contributed by atoms with Gasteiger partial charge in [-0.3, -0.25) is 4.79 Å². The van der Waals surface area contributed by atoms with Crippen molar-refractivity contribution in [1.82, 2.24) is 0 Å². The maximum absolute atomic E-state index is 10.6. The SMILES string of the molecule is NC(=O)CC(N)C1CCCSC1. The molecule has 0 aromatic heterocycles. The highest BCUT2D eigenvalue weighted by Gasteiger charge is 2.21. The van der Waals surface area contributed by atoms with Crippen molar-refractivity contribution in [3.05, 3.63) is 0 Å². The highest BCUT2D eigenvalue weighted by Crippen LogP contribution is 2.25. The Morgan fingerprint density at radius 1 is 1.67 bits per heavy atom. The predicted octanol–water partition coefficient (Wildman–Crippen LogP) is 0.332. The minimum absolute atomic E-state index is 0.0182. The number of carbonyl (C=O) groups is 1. The molecule has 0 spiro atoms. The van der Waals surface area contributed by atoms with E-state index in [1.807, 2.05) is 11.8 Å². The lowest BCUT2D eigenvalue weighted by atomic mass is 9.94. The van der Waals surface area contributed by atoms with Gasteiger partial charge < -0.3 is 11.5 Å². The lowest BCUT2D eigenvalue weighted by molar-refractivity contribution is -0.118. The zero-order chi connectivity index (χ0) is 8.97. The van der Waals surface area contributed by atoms with Crippen LogP contribution in [-0.4, -0.2) is 23.5 Å². The van der Waals surface area contributed by atoms with Gasteiger partial charge in [0.1, 0.15) is 0 Å². The summed E-state index contributed by atoms with van der Waals surface area (Å²) in [6, 6.07) is -0.0182. The second-order valence-electron chi connectivity index (χ2n) is 3.31. The summed E-state index contributed by atoms with van der Waals surface area (Å²) < 4.78 is 0. The Kier molecular flexibility index (Phi) is 3.88. The normalized spacial score (nSPS) is 26.6. The number of rotatable bonds is 3. The molecular formula is C8H16N2OS. The summed E-state index contributed by atoms with van der Waals surface area (Å²) >= 11 is 1.93. The van der Waals surface area contributed by atoms with Crippen LogP contribution in [-0.2, 0) is 4.79 Å². The van der Waals surface area contributed by atoms with E-state index in [2.05, 4.69) is 0 Å². The van der Waals surface area contributed by atoms with E-state index in [-0.39, 0.29) is 11.9 Å². The Morgan fingerprint density at radius 3 is 2.92 bits per heavy atom. The van der Waals surface area contributed by atoms with E-state index in [1.165, 1.54) is 12.2 Å². The molecule has 0 aromatic rings. The summed E-state index contributed by atoms with van der Waals surface area (Å²) in [5.41, 5.74) is 10.9. The van der Waals surface area contributed by atoms with Gasteiger partial charge in [0.2, 0.25) is 5.91 Å². The number of nitrogens with two attached hydrogens (primary N) is 2. The van der Waals surface area contributed by atoms with Gasteiger partial charge >= 0.3 is 0 Å². The van der Waals surface area contributed by atoms with Crippen molar-refractivity contribution < 1.29 is 4.79 Å². The van der Waals surface area contributed by atoms with Gasteiger partial charge in [-0.25, -0.2) is 0 Å². The molecule has 0 aliphatic carbocycles. The quantitative estimate of drug-likeness (QED) is 0.670. The standard InChI is InChI=1S/C8H16N2OS/c9-7(4-8(10)11)6-2-1-3-12-5-6/h6-7H,1-5,9H2,(H2,10,11). The molecule has 0 radical (unpaired) electrons. The van der Waals surface area contributed by atoms with Crippen molar-refractivity contribution in [3.8, 4) is 0 Å². The Morgan fingerprint density at radius 2 is 2.42 bits per heavy atom. The smallest absolute Gasteiger partial charge is 0.218 e. The van der Waals surface area contributed by atoms with E-state index >= 15 is 0 Å². The molecule has 0 aromatic carbocycles. The molecule has 70 valence electrons. The molecule has 1 aliphatic heterocycles. The van der Waals surface area contributed by atoms with Gasteiger partial charge in [0.25, 0.3) is 0 Å². The van der Waals surface area contributed by atoms with Crippen molar-refractivity contribution in [1.29, 1.82) is 0 Å². The Balaban J connectivity index is 2.29. The third-order valence-electron chi connectivity index (χ3n) is 2.24. The van der Waals surface area contributed by atoms with Crippen molar-refractivity contribution in [2.24, 2.45) is 17.4 Å². The molecular weight excluding hydrogens is 172 g/mol. The molecule has 0 bridgehead atoms. The van der Waals surface area contributed by atoms with Crippen molar-refractivity contribution in [2.45, 2.75) is 25.3 Å². The molecule has 3 nitrogen and oxygen atoms in total. The van der Waals surface area contributed by atoms with Crippen LogP contribution < -0.4 is 11.5 Å². The van der Waals surface area contributed by atoms with Crippen LogP contribution in [0.3, 0.4) is 0 Å². The van der Waals surface area contributed by atoms with Gasteiger partial charge in [-0.15, -0.1) is 0 Å². The lowest BCUT2D eigenvalue weighted by Gasteiger charge is -2.26. The second-order valence-corrected chi connectivity index (χ2v) is 4.46. The zero-order valence-corrected chi connectivity index (χ0v) is 7.98. The minimum atomic E-state index is -0.280. The monoisotopic (exact) mass is 188 g/mol. The second kappa shape index (κ2) is 4.72. The Bertz CT molecular complexity index is 157. The van der Waals surface area contributed by atoms with Crippen LogP contribution in [0.5, 0.6) is 0 Å². The first kappa shape index (κ1) is 9.86. The average molecular weight is 188 g/mol. The van der Waals surface area contributed by atoms with Crippen molar-refractivity contribution in [3.63, 3.8) is 0 Å². The van der Waals surface area contributed by atoms with E-state index in [9.17, 15) is 4.79 Å². The topological polar surface area (TPSA) is 69.1 Å². The maximum atomic E-state index is 10.6. The van der Waals surface area contributed by atoms with Crippen molar-refractivity contribution in [2.75, 3.05) is 11.5 Å². The molecule has 2 unspecified atom stereocenters. The average Bonchev–Trinajstić information content (AvgIpc) is 2.05. The summed E-state index contributed by atoms with van der Waals surface area (Å²) in [5, 5.41) is 0. The predicted molar refractivity (Wildman–Crippen MR) is 51.8 cm³/mol. The van der Waals surface area contributed by atoms with Crippen LogP contribution in [0.1, 0.15) is 19.3 Å². The molecule has 4 heteroatoms. The first-order valence-corrected chi connectivity index (χ1v) is 5.47. The van der Waals surface area contributed by atoms with Crippen LogP contribution in [0.15, 0.2) is 0 Å². The first-order valence-electron chi connectivity index (χ1n) is 4.32. The summed E-state index contributed by atoms with van der Waals surface area (Å²) in [7, 11) is 0. The van der Waals surface area contributed by atoms with E-state index in [0.29, 0.717) is 12.3 Å². The van der Waals surface area contributed by atoms with E-state index in [0.717, 1.165) is 12.2 Å². The van der Waals surface area contributed by atoms with E-state index < -0.39 is 0 Å². The molecule has 1 saturated heterocycles. The molecule has 1 fully saturated rings. The van der Waals surface area contributed by atoms with Gasteiger partial charge in [-0.05, 0) is 30.3 Å². The molecule has 1 rings (SSSR count). The lowest BCUT2D eigenvalue weighted by Crippen LogP contribution is -2.37. The Hall–Kier alpha value is -0.220. The number of carbonyl (C=O) groups excluding carboxylic acids is 1. The van der Waals surface area contributed by atoms with Gasteiger partial charge in [-0.2, -0.15) is 11.8 Å². The molecule has 1 aliphatic rings. The van der Waals surface area contributed by atoms with Crippen LogP contribution in [0, 0.1) is 5.92 Å². The fourth-order valence-electron chi connectivity index (χ4n) is 1.50. The minimum Gasteiger partial charge on any atom is -0.370 e. The van der Waals surface area contributed by atoms with E-state index in [1.54, 1.807) is 0 Å².